The van der Waals surface area contributed by atoms with Crippen LogP contribution < -0.4 is 4.74 Å². The van der Waals surface area contributed by atoms with Crippen LogP contribution in [0.1, 0.15) is 54.2 Å². The number of nitrogens with zero attached hydrogens (tertiary/aromatic N) is 3. The molecule has 0 spiro atoms. The van der Waals surface area contributed by atoms with E-state index in [-0.39, 0.29) is 0 Å². The van der Waals surface area contributed by atoms with E-state index in [2.05, 4.69) is 46.4 Å². The molecule has 3 rings (SSSR count). The molecule has 0 unspecified atom stereocenters. The molecule has 2 heterocycles. The normalized spacial score (nSPS) is 10.2. The summed E-state index contributed by atoms with van der Waals surface area (Å²) in [6.45, 7) is 15.8. The van der Waals surface area contributed by atoms with Gasteiger partial charge in [-0.3, -0.25) is 0 Å². The van der Waals surface area contributed by atoms with E-state index < -0.39 is 0 Å². The first-order valence-electron chi connectivity index (χ1n) is 11.4. The zero-order valence-electron chi connectivity index (χ0n) is 21.2. The van der Waals surface area contributed by atoms with Crippen molar-refractivity contribution in [3.05, 3.63) is 66.6 Å². The Kier molecular flexibility index (Phi) is 16.4. The molecule has 5 heteroatoms. The van der Waals surface area contributed by atoms with Crippen molar-refractivity contribution in [2.24, 2.45) is 0 Å². The van der Waals surface area contributed by atoms with Crippen molar-refractivity contribution in [2.75, 3.05) is 6.61 Å². The van der Waals surface area contributed by atoms with Crippen LogP contribution in [0.4, 0.5) is 0 Å². The van der Waals surface area contributed by atoms with E-state index in [1.807, 2.05) is 90.1 Å². The minimum Gasteiger partial charge on any atom is -0.438 e. The highest BCUT2D eigenvalue weighted by atomic mass is 16.5. The number of hydrogen-bond donors (Lipinski definition) is 0. The molecule has 0 saturated carbocycles. The van der Waals surface area contributed by atoms with E-state index in [1.165, 1.54) is 0 Å². The minimum atomic E-state index is 0.353. The number of aromatic nitrogens is 3. The lowest BCUT2D eigenvalue weighted by molar-refractivity contribution is 0.102. The summed E-state index contributed by atoms with van der Waals surface area (Å²) in [5.41, 5.74) is 2.00. The molecule has 2 aromatic heterocycles. The van der Waals surface area contributed by atoms with Gasteiger partial charge in [-0.1, -0.05) is 50.3 Å². The SMILES string of the molecule is C#C.C/C=C/c1cc2c(Oc3ccccc3)ncnc2n1CC.C/C=C\COC(C)C.CC. The molecule has 0 aliphatic rings. The van der Waals surface area contributed by atoms with Crippen LogP contribution in [0.3, 0.4) is 0 Å². The van der Waals surface area contributed by atoms with E-state index in [0.29, 0.717) is 12.0 Å². The maximum absolute atomic E-state index is 5.89. The number of fused-ring (bicyclic) bond motifs is 1. The van der Waals surface area contributed by atoms with E-state index >= 15 is 0 Å². The van der Waals surface area contributed by atoms with Gasteiger partial charge in [-0.05, 0) is 58.9 Å². The second-order valence-electron chi connectivity index (χ2n) is 6.60. The fourth-order valence-corrected chi connectivity index (χ4v) is 2.73. The molecule has 0 N–H and O–H groups in total. The molecular weight excluding hydrogens is 410 g/mol. The summed E-state index contributed by atoms with van der Waals surface area (Å²) in [6.07, 6.45) is 18.0. The van der Waals surface area contributed by atoms with Crippen molar-refractivity contribution < 1.29 is 9.47 Å². The summed E-state index contributed by atoms with van der Waals surface area (Å²) in [7, 11) is 0. The average Bonchev–Trinajstić information content (AvgIpc) is 3.21. The number of benzene rings is 1. The quantitative estimate of drug-likeness (QED) is 0.276. The standard InChI is InChI=1S/C17H17N3O.C7H14O.C2H6.C2H2/c1-3-8-13-11-15-16(20(13)4-2)18-12-19-17(15)21-14-9-6-5-7-10-14;1-4-5-6-8-7(2)3;2*1-2/h3,5-12H,4H2,1-2H3;4-5,7H,6H2,1-3H3;1-2H3;1-2H/b8-3+;5-4-;;. The van der Waals surface area contributed by atoms with Gasteiger partial charge in [0, 0.05) is 12.2 Å². The highest BCUT2D eigenvalue weighted by molar-refractivity contribution is 5.85. The lowest BCUT2D eigenvalue weighted by Gasteiger charge is -2.06. The van der Waals surface area contributed by atoms with Crippen molar-refractivity contribution in [1.82, 2.24) is 14.5 Å². The number of rotatable bonds is 7. The fraction of sp³-hybridized carbons (Fsp3) is 0.357. The van der Waals surface area contributed by atoms with Crippen LogP contribution in [0.5, 0.6) is 11.6 Å². The van der Waals surface area contributed by atoms with Crippen LogP contribution in [0.15, 0.2) is 61.0 Å². The molecule has 33 heavy (non-hydrogen) atoms. The third-order valence-corrected chi connectivity index (χ3v) is 4.06. The monoisotopic (exact) mass is 449 g/mol. The van der Waals surface area contributed by atoms with Crippen molar-refractivity contribution in [1.29, 1.82) is 0 Å². The van der Waals surface area contributed by atoms with E-state index in [1.54, 1.807) is 6.33 Å². The molecular formula is C28H39N3O2. The topological polar surface area (TPSA) is 49.2 Å². The summed E-state index contributed by atoms with van der Waals surface area (Å²) in [5.74, 6) is 1.36. The maximum Gasteiger partial charge on any atom is 0.231 e. The van der Waals surface area contributed by atoms with Gasteiger partial charge in [0.1, 0.15) is 17.7 Å². The summed E-state index contributed by atoms with van der Waals surface area (Å²) < 4.78 is 13.2. The summed E-state index contributed by atoms with van der Waals surface area (Å²) >= 11 is 0. The van der Waals surface area contributed by atoms with Crippen molar-refractivity contribution in [3.8, 4) is 24.5 Å². The van der Waals surface area contributed by atoms with Crippen molar-refractivity contribution >= 4 is 17.1 Å². The molecule has 5 nitrogen and oxygen atoms in total. The van der Waals surface area contributed by atoms with Gasteiger partial charge >= 0.3 is 0 Å². The molecule has 1 aromatic carbocycles. The Morgan fingerprint density at radius 1 is 1.03 bits per heavy atom. The van der Waals surface area contributed by atoms with Crippen LogP contribution in [-0.2, 0) is 11.3 Å². The highest BCUT2D eigenvalue weighted by Crippen LogP contribution is 2.29. The van der Waals surface area contributed by atoms with Gasteiger partial charge in [0.05, 0.1) is 18.1 Å². The molecule has 3 aromatic rings. The Bertz CT molecular complexity index is 971. The molecule has 178 valence electrons. The predicted molar refractivity (Wildman–Crippen MR) is 142 cm³/mol. The van der Waals surface area contributed by atoms with Gasteiger partial charge in [-0.2, -0.15) is 0 Å². The average molecular weight is 450 g/mol. The van der Waals surface area contributed by atoms with Gasteiger partial charge < -0.3 is 14.0 Å². The number of allylic oxidation sites excluding steroid dienone is 2. The van der Waals surface area contributed by atoms with Gasteiger partial charge in [0.2, 0.25) is 5.88 Å². The second kappa shape index (κ2) is 18.2. The first-order valence-corrected chi connectivity index (χ1v) is 11.4. The van der Waals surface area contributed by atoms with E-state index in [0.717, 1.165) is 35.6 Å². The second-order valence-corrected chi connectivity index (χ2v) is 6.60. The lowest BCUT2D eigenvalue weighted by Crippen LogP contribution is -2.01. The third kappa shape index (κ3) is 10.2. The van der Waals surface area contributed by atoms with Crippen molar-refractivity contribution in [2.45, 2.75) is 61.1 Å². The van der Waals surface area contributed by atoms with Gasteiger partial charge in [-0.15, -0.1) is 12.8 Å². The third-order valence-electron chi connectivity index (χ3n) is 4.06. The van der Waals surface area contributed by atoms with Gasteiger partial charge in [-0.25, -0.2) is 9.97 Å². The molecule has 0 fully saturated rings. The fourth-order valence-electron chi connectivity index (χ4n) is 2.73. The zero-order valence-corrected chi connectivity index (χ0v) is 21.2. The number of terminal acetylenes is 1. The van der Waals surface area contributed by atoms with Crippen LogP contribution in [0, 0.1) is 12.8 Å². The largest absolute Gasteiger partial charge is 0.438 e. The molecule has 0 saturated heterocycles. The Morgan fingerprint density at radius 2 is 1.70 bits per heavy atom. The lowest BCUT2D eigenvalue weighted by atomic mass is 10.3. The molecule has 0 atom stereocenters. The number of para-hydroxylation sites is 1. The Morgan fingerprint density at radius 3 is 2.24 bits per heavy atom. The zero-order chi connectivity index (χ0) is 25.1. The minimum absolute atomic E-state index is 0.353. The Hall–Kier alpha value is -3.36. The molecule has 0 radical (unpaired) electrons. The predicted octanol–water partition coefficient (Wildman–Crippen LogP) is 7.54. The smallest absolute Gasteiger partial charge is 0.231 e. The van der Waals surface area contributed by atoms with Crippen LogP contribution >= 0.6 is 0 Å². The van der Waals surface area contributed by atoms with Gasteiger partial charge in [0.15, 0.2) is 0 Å². The first kappa shape index (κ1) is 29.6. The summed E-state index contributed by atoms with van der Waals surface area (Å²) in [6, 6.07) is 11.7. The Balaban J connectivity index is 0.000000724. The van der Waals surface area contributed by atoms with Gasteiger partial charge in [0.25, 0.3) is 0 Å². The number of aryl methyl sites for hydroxylation is 1. The van der Waals surface area contributed by atoms with Crippen LogP contribution in [-0.4, -0.2) is 27.2 Å². The number of hydrogen-bond acceptors (Lipinski definition) is 4. The highest BCUT2D eigenvalue weighted by Gasteiger charge is 2.13. The molecule has 0 aliphatic carbocycles. The summed E-state index contributed by atoms with van der Waals surface area (Å²) in [4.78, 5) is 8.68. The molecule has 0 bridgehead atoms. The van der Waals surface area contributed by atoms with Crippen LogP contribution in [0.25, 0.3) is 17.1 Å². The van der Waals surface area contributed by atoms with Crippen LogP contribution in [0.2, 0.25) is 0 Å². The van der Waals surface area contributed by atoms with E-state index in [9.17, 15) is 0 Å². The molecule has 0 amide bonds. The van der Waals surface area contributed by atoms with Crippen molar-refractivity contribution in [3.63, 3.8) is 0 Å². The van der Waals surface area contributed by atoms with E-state index in [4.69, 9.17) is 9.47 Å². The maximum atomic E-state index is 5.89. The summed E-state index contributed by atoms with van der Waals surface area (Å²) in [5, 5.41) is 0.927. The first-order chi connectivity index (χ1) is 16.1. The molecule has 0 aliphatic heterocycles. The Labute approximate surface area is 200 Å². The number of ether oxygens (including phenoxy) is 2.